The first-order valence-corrected chi connectivity index (χ1v) is 13.2. The fourth-order valence-electron chi connectivity index (χ4n) is 4.16. The highest BCUT2D eigenvalue weighted by Gasteiger charge is 2.28. The maximum absolute atomic E-state index is 13.5. The van der Waals surface area contributed by atoms with Gasteiger partial charge in [-0.2, -0.15) is 0 Å². The van der Waals surface area contributed by atoms with Crippen LogP contribution in [-0.2, 0) is 10.0 Å². The third kappa shape index (κ3) is 4.55. The number of benzene rings is 2. The average Bonchev–Trinajstić information content (AvgIpc) is 3.39. The number of para-hydroxylation sites is 1. The van der Waals surface area contributed by atoms with Gasteiger partial charge >= 0.3 is 0 Å². The minimum atomic E-state index is -3.57. The van der Waals surface area contributed by atoms with E-state index in [1.165, 1.54) is 0 Å². The predicted octanol–water partition coefficient (Wildman–Crippen LogP) is 4.55. The molecule has 1 saturated heterocycles. The summed E-state index contributed by atoms with van der Waals surface area (Å²) in [5.41, 5.74) is 2.21. The lowest BCUT2D eigenvalue weighted by atomic mass is 10.0. The van der Waals surface area contributed by atoms with Crippen molar-refractivity contribution in [1.29, 1.82) is 0 Å². The molecule has 1 amide bonds. The van der Waals surface area contributed by atoms with Crippen LogP contribution in [0.4, 0.5) is 0 Å². The Morgan fingerprint density at radius 1 is 0.970 bits per heavy atom. The van der Waals surface area contributed by atoms with E-state index in [1.54, 1.807) is 41.7 Å². The van der Waals surface area contributed by atoms with Crippen LogP contribution in [0.25, 0.3) is 21.5 Å². The van der Waals surface area contributed by atoms with Crippen LogP contribution in [0.5, 0.6) is 0 Å². The summed E-state index contributed by atoms with van der Waals surface area (Å²) in [5, 5.41) is 2.82. The summed E-state index contributed by atoms with van der Waals surface area (Å²) in [5.74, 6) is -0.0456. The lowest BCUT2D eigenvalue weighted by molar-refractivity contribution is 0.0713. The number of likely N-dealkylation sites (tertiary alicyclic amines) is 1. The minimum Gasteiger partial charge on any atom is -0.339 e. The average molecular weight is 478 g/mol. The van der Waals surface area contributed by atoms with Crippen LogP contribution in [-0.4, -0.2) is 43.3 Å². The molecule has 0 aliphatic carbocycles. The van der Waals surface area contributed by atoms with Gasteiger partial charge in [-0.3, -0.25) is 4.79 Å². The Kier molecular flexibility index (Phi) is 5.97. The first kappa shape index (κ1) is 21.8. The molecule has 1 N–H and O–H groups in total. The summed E-state index contributed by atoms with van der Waals surface area (Å²) in [6, 6.07) is 21.7. The largest absolute Gasteiger partial charge is 0.339 e. The number of pyridine rings is 1. The highest BCUT2D eigenvalue weighted by Crippen LogP contribution is 2.29. The molecule has 1 fully saturated rings. The van der Waals surface area contributed by atoms with Crippen LogP contribution in [0.2, 0.25) is 0 Å². The van der Waals surface area contributed by atoms with Gasteiger partial charge in [-0.05, 0) is 48.6 Å². The molecule has 1 aliphatic heterocycles. The molecule has 8 heteroatoms. The van der Waals surface area contributed by atoms with E-state index in [0.717, 1.165) is 21.5 Å². The molecular weight excluding hydrogens is 454 g/mol. The standard InChI is InChI=1S/C25H23N3O3S2/c29-25(21-17-23(24-11-6-16-32-24)26-22-10-5-4-9-20(21)22)28-14-12-18(13-15-28)27-33(30,31)19-7-2-1-3-8-19/h1-11,16-18,27H,12-15H2. The number of thiophene rings is 1. The van der Waals surface area contributed by atoms with Crippen LogP contribution in [0.1, 0.15) is 23.2 Å². The molecule has 0 saturated carbocycles. The van der Waals surface area contributed by atoms with Gasteiger partial charge in [0.1, 0.15) is 0 Å². The number of fused-ring (bicyclic) bond motifs is 1. The van der Waals surface area contributed by atoms with Crippen molar-refractivity contribution >= 4 is 38.2 Å². The fourth-order valence-corrected chi connectivity index (χ4v) is 6.17. The Bertz CT molecular complexity index is 1380. The van der Waals surface area contributed by atoms with Crippen molar-refractivity contribution in [1.82, 2.24) is 14.6 Å². The predicted molar refractivity (Wildman–Crippen MR) is 131 cm³/mol. The van der Waals surface area contributed by atoms with Gasteiger partial charge in [0.05, 0.1) is 26.5 Å². The first-order valence-electron chi connectivity index (χ1n) is 10.8. The summed E-state index contributed by atoms with van der Waals surface area (Å²) >= 11 is 1.59. The van der Waals surface area contributed by atoms with Crippen LogP contribution in [0.15, 0.2) is 83.1 Å². The monoisotopic (exact) mass is 477 g/mol. The molecule has 2 aromatic carbocycles. The number of rotatable bonds is 5. The van der Waals surface area contributed by atoms with Crippen molar-refractivity contribution in [2.75, 3.05) is 13.1 Å². The summed E-state index contributed by atoms with van der Waals surface area (Å²) < 4.78 is 28.1. The van der Waals surface area contributed by atoms with Crippen molar-refractivity contribution in [3.05, 3.63) is 83.7 Å². The molecular formula is C25H23N3O3S2. The van der Waals surface area contributed by atoms with Gasteiger partial charge in [0.25, 0.3) is 5.91 Å². The van der Waals surface area contributed by atoms with Crippen molar-refractivity contribution in [3.63, 3.8) is 0 Å². The summed E-state index contributed by atoms with van der Waals surface area (Å²) in [7, 11) is -3.57. The van der Waals surface area contributed by atoms with E-state index in [-0.39, 0.29) is 16.8 Å². The lowest BCUT2D eigenvalue weighted by Crippen LogP contribution is -2.46. The van der Waals surface area contributed by atoms with Gasteiger partial charge in [-0.25, -0.2) is 18.1 Å². The highest BCUT2D eigenvalue weighted by molar-refractivity contribution is 7.89. The van der Waals surface area contributed by atoms with Gasteiger partial charge in [-0.1, -0.05) is 42.5 Å². The molecule has 0 radical (unpaired) electrons. The molecule has 0 unspecified atom stereocenters. The molecule has 0 spiro atoms. The summed E-state index contributed by atoms with van der Waals surface area (Å²) in [6.45, 7) is 0.984. The number of nitrogens with zero attached hydrogens (tertiary/aromatic N) is 2. The number of hydrogen-bond donors (Lipinski definition) is 1. The van der Waals surface area contributed by atoms with Gasteiger partial charge in [0, 0.05) is 24.5 Å². The maximum Gasteiger partial charge on any atom is 0.254 e. The number of carbonyl (C=O) groups is 1. The molecule has 0 atom stereocenters. The van der Waals surface area contributed by atoms with Gasteiger partial charge in [-0.15, -0.1) is 11.3 Å². The smallest absolute Gasteiger partial charge is 0.254 e. The number of sulfonamides is 1. The highest BCUT2D eigenvalue weighted by atomic mass is 32.2. The van der Waals surface area contributed by atoms with E-state index in [0.29, 0.717) is 31.5 Å². The van der Waals surface area contributed by atoms with Crippen molar-refractivity contribution in [3.8, 4) is 10.6 Å². The lowest BCUT2D eigenvalue weighted by Gasteiger charge is -2.32. The van der Waals surface area contributed by atoms with Crippen molar-refractivity contribution in [2.24, 2.45) is 0 Å². The zero-order chi connectivity index (χ0) is 22.8. The van der Waals surface area contributed by atoms with E-state index >= 15 is 0 Å². The maximum atomic E-state index is 13.5. The quantitative estimate of drug-likeness (QED) is 0.458. The number of carbonyl (C=O) groups excluding carboxylic acids is 1. The third-order valence-electron chi connectivity index (χ3n) is 5.88. The molecule has 6 nitrogen and oxygen atoms in total. The number of nitrogens with one attached hydrogen (secondary N) is 1. The van der Waals surface area contributed by atoms with Crippen LogP contribution >= 0.6 is 11.3 Å². The second kappa shape index (κ2) is 9.05. The topological polar surface area (TPSA) is 79.4 Å². The van der Waals surface area contributed by atoms with Crippen LogP contribution in [0, 0.1) is 0 Å². The zero-order valence-electron chi connectivity index (χ0n) is 17.8. The van der Waals surface area contributed by atoms with Crippen molar-refractivity contribution in [2.45, 2.75) is 23.8 Å². The van der Waals surface area contributed by atoms with E-state index in [2.05, 4.69) is 4.72 Å². The first-order chi connectivity index (χ1) is 16.0. The summed E-state index contributed by atoms with van der Waals surface area (Å²) in [6.07, 6.45) is 1.14. The molecule has 0 bridgehead atoms. The number of amides is 1. The SMILES string of the molecule is O=C(c1cc(-c2cccs2)nc2ccccc12)N1CCC(NS(=O)(=O)c2ccccc2)CC1. The van der Waals surface area contributed by atoms with E-state index in [1.807, 2.05) is 52.7 Å². The molecule has 2 aromatic heterocycles. The van der Waals surface area contributed by atoms with E-state index < -0.39 is 10.0 Å². The number of aromatic nitrogens is 1. The van der Waals surface area contributed by atoms with Crippen LogP contribution in [0.3, 0.4) is 0 Å². The number of piperidine rings is 1. The van der Waals surface area contributed by atoms with Crippen LogP contribution < -0.4 is 4.72 Å². The van der Waals surface area contributed by atoms with E-state index in [9.17, 15) is 13.2 Å². The molecule has 5 rings (SSSR count). The Balaban J connectivity index is 1.34. The third-order valence-corrected chi connectivity index (χ3v) is 8.31. The second-order valence-electron chi connectivity index (χ2n) is 8.05. The van der Waals surface area contributed by atoms with Crippen molar-refractivity contribution < 1.29 is 13.2 Å². The Morgan fingerprint density at radius 2 is 1.70 bits per heavy atom. The Morgan fingerprint density at radius 3 is 2.42 bits per heavy atom. The Hall–Kier alpha value is -3.07. The minimum absolute atomic E-state index is 0.0456. The summed E-state index contributed by atoms with van der Waals surface area (Å²) in [4.78, 5) is 21.3. The zero-order valence-corrected chi connectivity index (χ0v) is 19.5. The normalized spacial score (nSPS) is 15.1. The molecule has 1 aliphatic rings. The Labute approximate surface area is 197 Å². The molecule has 3 heterocycles. The fraction of sp³-hybridized carbons (Fsp3) is 0.200. The second-order valence-corrected chi connectivity index (χ2v) is 10.7. The van der Waals surface area contributed by atoms with Gasteiger partial charge < -0.3 is 4.90 Å². The van der Waals surface area contributed by atoms with E-state index in [4.69, 9.17) is 4.98 Å². The number of hydrogen-bond acceptors (Lipinski definition) is 5. The van der Waals surface area contributed by atoms with Gasteiger partial charge in [0.2, 0.25) is 10.0 Å². The molecule has 4 aromatic rings. The molecule has 168 valence electrons. The molecule has 33 heavy (non-hydrogen) atoms. The van der Waals surface area contributed by atoms with Gasteiger partial charge in [0.15, 0.2) is 0 Å².